The van der Waals surface area contributed by atoms with E-state index in [1.807, 2.05) is 17.0 Å². The minimum absolute atomic E-state index is 0.134. The van der Waals surface area contributed by atoms with E-state index >= 15 is 0 Å². The van der Waals surface area contributed by atoms with E-state index in [1.165, 1.54) is 17.2 Å². The Morgan fingerprint density at radius 1 is 1.05 bits per heavy atom. The highest BCUT2D eigenvalue weighted by Crippen LogP contribution is 2.29. The van der Waals surface area contributed by atoms with E-state index in [1.54, 1.807) is 12.1 Å². The molecule has 0 atom stereocenters. The van der Waals surface area contributed by atoms with Gasteiger partial charge in [-0.15, -0.1) is 0 Å². The minimum Gasteiger partial charge on any atom is -0.392 e. The highest BCUT2D eigenvalue weighted by atomic mass is 19.1. The number of benzene rings is 2. The van der Waals surface area contributed by atoms with Crippen LogP contribution in [-0.4, -0.2) is 11.7 Å². The number of aliphatic hydroxyl groups excluding tert-OH is 1. The van der Waals surface area contributed by atoms with Crippen molar-refractivity contribution in [2.75, 3.05) is 11.4 Å². The van der Waals surface area contributed by atoms with E-state index in [2.05, 4.69) is 12.1 Å². The maximum Gasteiger partial charge on any atom is 0.146 e. The summed E-state index contributed by atoms with van der Waals surface area (Å²) in [7, 11) is 0. The quantitative estimate of drug-likeness (QED) is 0.894. The van der Waals surface area contributed by atoms with Crippen LogP contribution in [0, 0.1) is 5.82 Å². The van der Waals surface area contributed by atoms with Gasteiger partial charge in [-0.1, -0.05) is 36.4 Å². The number of fused-ring (bicyclic) bond motifs is 1. The van der Waals surface area contributed by atoms with E-state index in [9.17, 15) is 9.50 Å². The Morgan fingerprint density at radius 3 is 2.63 bits per heavy atom. The van der Waals surface area contributed by atoms with Crippen LogP contribution in [0.4, 0.5) is 10.1 Å². The Kier molecular flexibility index (Phi) is 3.22. The van der Waals surface area contributed by atoms with Crippen LogP contribution < -0.4 is 4.90 Å². The van der Waals surface area contributed by atoms with Crippen LogP contribution in [0.5, 0.6) is 0 Å². The van der Waals surface area contributed by atoms with Gasteiger partial charge in [0.25, 0.3) is 0 Å². The van der Waals surface area contributed by atoms with E-state index in [0.29, 0.717) is 17.8 Å². The number of nitrogens with zero attached hydrogens (tertiary/aromatic N) is 1. The summed E-state index contributed by atoms with van der Waals surface area (Å²) in [5, 5.41) is 9.38. The number of halogens is 1. The summed E-state index contributed by atoms with van der Waals surface area (Å²) in [6, 6.07) is 13.1. The molecule has 2 nitrogen and oxygen atoms in total. The fourth-order valence-electron chi connectivity index (χ4n) is 2.73. The number of para-hydroxylation sites is 1. The van der Waals surface area contributed by atoms with Gasteiger partial charge in [-0.25, -0.2) is 4.39 Å². The summed E-state index contributed by atoms with van der Waals surface area (Å²) in [6.45, 7) is 1.35. The lowest BCUT2D eigenvalue weighted by molar-refractivity contribution is 0.281. The van der Waals surface area contributed by atoms with Crippen molar-refractivity contribution in [3.05, 3.63) is 65.0 Å². The maximum absolute atomic E-state index is 14.0. The molecule has 0 unspecified atom stereocenters. The third kappa shape index (κ3) is 2.22. The van der Waals surface area contributed by atoms with Crippen molar-refractivity contribution in [1.82, 2.24) is 0 Å². The molecule has 98 valence electrons. The van der Waals surface area contributed by atoms with Gasteiger partial charge in [-0.2, -0.15) is 0 Å². The smallest absolute Gasteiger partial charge is 0.146 e. The third-order valence-electron chi connectivity index (χ3n) is 3.69. The van der Waals surface area contributed by atoms with E-state index in [0.717, 1.165) is 13.0 Å². The second-order valence-electron chi connectivity index (χ2n) is 4.85. The van der Waals surface area contributed by atoms with E-state index < -0.39 is 0 Å². The Bertz CT molecular complexity index is 597. The van der Waals surface area contributed by atoms with Crippen LogP contribution in [0.25, 0.3) is 0 Å². The molecule has 0 amide bonds. The van der Waals surface area contributed by atoms with Gasteiger partial charge < -0.3 is 10.0 Å². The van der Waals surface area contributed by atoms with Crippen molar-refractivity contribution in [2.24, 2.45) is 0 Å². The Morgan fingerprint density at radius 2 is 1.84 bits per heavy atom. The van der Waals surface area contributed by atoms with Crippen molar-refractivity contribution >= 4 is 5.69 Å². The summed E-state index contributed by atoms with van der Waals surface area (Å²) in [5.74, 6) is -0.258. The normalized spacial score (nSPS) is 14.3. The first-order valence-electron chi connectivity index (χ1n) is 6.49. The zero-order valence-electron chi connectivity index (χ0n) is 10.6. The first-order chi connectivity index (χ1) is 9.29. The molecule has 1 aliphatic heterocycles. The Labute approximate surface area is 112 Å². The molecule has 0 radical (unpaired) electrons. The lowest BCUT2D eigenvalue weighted by Gasteiger charge is -2.32. The average Bonchev–Trinajstić information content (AvgIpc) is 2.46. The standard InChI is InChI=1S/C16H16FNO/c17-15-7-3-6-14(11-19)16(15)18-9-8-12-4-1-2-5-13(12)10-18/h1-7,19H,8-11H2. The maximum atomic E-state index is 14.0. The van der Waals surface area contributed by atoms with Crippen LogP contribution in [0.2, 0.25) is 0 Å². The molecule has 0 fully saturated rings. The van der Waals surface area contributed by atoms with Gasteiger partial charge in [0.05, 0.1) is 12.3 Å². The molecule has 0 saturated heterocycles. The predicted molar refractivity (Wildman–Crippen MR) is 73.5 cm³/mol. The molecule has 0 aliphatic carbocycles. The summed E-state index contributed by atoms with van der Waals surface area (Å²) in [6.07, 6.45) is 0.912. The van der Waals surface area contributed by atoms with Gasteiger partial charge in [-0.05, 0) is 23.6 Å². The van der Waals surface area contributed by atoms with Gasteiger partial charge >= 0.3 is 0 Å². The predicted octanol–water partition coefficient (Wildman–Crippen LogP) is 2.88. The van der Waals surface area contributed by atoms with Gasteiger partial charge in [0, 0.05) is 18.7 Å². The molecule has 2 aromatic carbocycles. The van der Waals surface area contributed by atoms with Crippen molar-refractivity contribution < 1.29 is 9.50 Å². The van der Waals surface area contributed by atoms with Crippen LogP contribution in [0.15, 0.2) is 42.5 Å². The molecule has 0 bridgehead atoms. The number of anilines is 1. The molecule has 0 saturated carbocycles. The molecule has 2 aromatic rings. The Balaban J connectivity index is 1.97. The molecule has 1 aliphatic rings. The number of hydrogen-bond acceptors (Lipinski definition) is 2. The SMILES string of the molecule is OCc1cccc(F)c1N1CCc2ccccc2C1. The number of rotatable bonds is 2. The second kappa shape index (κ2) is 5.02. The summed E-state index contributed by atoms with van der Waals surface area (Å²) < 4.78 is 14.0. The number of aliphatic hydroxyl groups is 1. The van der Waals surface area contributed by atoms with Crippen molar-refractivity contribution in [2.45, 2.75) is 19.6 Å². The largest absolute Gasteiger partial charge is 0.392 e. The third-order valence-corrected chi connectivity index (χ3v) is 3.69. The molecular formula is C16H16FNO. The monoisotopic (exact) mass is 257 g/mol. The summed E-state index contributed by atoms with van der Waals surface area (Å²) >= 11 is 0. The molecule has 0 aromatic heterocycles. The minimum atomic E-state index is -0.258. The Hall–Kier alpha value is -1.87. The number of hydrogen-bond donors (Lipinski definition) is 1. The first kappa shape index (κ1) is 12.2. The molecule has 1 heterocycles. The fourth-order valence-corrected chi connectivity index (χ4v) is 2.73. The van der Waals surface area contributed by atoms with Crippen LogP contribution in [-0.2, 0) is 19.6 Å². The molecule has 0 spiro atoms. The van der Waals surface area contributed by atoms with Crippen LogP contribution >= 0.6 is 0 Å². The summed E-state index contributed by atoms with van der Waals surface area (Å²) in [5.41, 5.74) is 3.76. The fraction of sp³-hybridized carbons (Fsp3) is 0.250. The topological polar surface area (TPSA) is 23.5 Å². The lowest BCUT2D eigenvalue weighted by Crippen LogP contribution is -2.31. The molecule has 1 N–H and O–H groups in total. The van der Waals surface area contributed by atoms with Gasteiger partial charge in [0.2, 0.25) is 0 Å². The molecular weight excluding hydrogens is 241 g/mol. The highest BCUT2D eigenvalue weighted by Gasteiger charge is 2.20. The van der Waals surface area contributed by atoms with Crippen molar-refractivity contribution in [1.29, 1.82) is 0 Å². The van der Waals surface area contributed by atoms with Gasteiger partial charge in [0.1, 0.15) is 5.82 Å². The second-order valence-corrected chi connectivity index (χ2v) is 4.85. The van der Waals surface area contributed by atoms with E-state index in [-0.39, 0.29) is 12.4 Å². The highest BCUT2D eigenvalue weighted by molar-refractivity contribution is 5.56. The van der Waals surface area contributed by atoms with Gasteiger partial charge in [0.15, 0.2) is 0 Å². The van der Waals surface area contributed by atoms with Gasteiger partial charge in [-0.3, -0.25) is 0 Å². The summed E-state index contributed by atoms with van der Waals surface area (Å²) in [4.78, 5) is 2.02. The van der Waals surface area contributed by atoms with E-state index in [4.69, 9.17) is 0 Å². The van der Waals surface area contributed by atoms with Crippen molar-refractivity contribution in [3.63, 3.8) is 0 Å². The molecule has 3 rings (SSSR count). The zero-order chi connectivity index (χ0) is 13.2. The lowest BCUT2D eigenvalue weighted by atomic mass is 9.98. The first-order valence-corrected chi connectivity index (χ1v) is 6.49. The average molecular weight is 257 g/mol. The van der Waals surface area contributed by atoms with Crippen LogP contribution in [0.1, 0.15) is 16.7 Å². The van der Waals surface area contributed by atoms with Crippen molar-refractivity contribution in [3.8, 4) is 0 Å². The zero-order valence-corrected chi connectivity index (χ0v) is 10.6. The molecule has 3 heteroatoms. The van der Waals surface area contributed by atoms with Crippen LogP contribution in [0.3, 0.4) is 0 Å². The molecule has 19 heavy (non-hydrogen) atoms.